The summed E-state index contributed by atoms with van der Waals surface area (Å²) in [6.45, 7) is 5.38. The molecule has 0 aliphatic heterocycles. The van der Waals surface area contributed by atoms with Crippen molar-refractivity contribution in [1.29, 1.82) is 0 Å². The Morgan fingerprint density at radius 3 is 2.71 bits per heavy atom. The van der Waals surface area contributed by atoms with E-state index in [1.54, 1.807) is 18.4 Å². The minimum atomic E-state index is 0.506. The van der Waals surface area contributed by atoms with Crippen LogP contribution in [0, 0.1) is 5.92 Å². The second-order valence-corrected chi connectivity index (χ2v) is 6.59. The molecule has 1 heterocycles. The predicted molar refractivity (Wildman–Crippen MR) is 89.1 cm³/mol. The highest BCUT2D eigenvalue weighted by Crippen LogP contribution is 2.23. The molecule has 2 aromatic rings. The lowest BCUT2D eigenvalue weighted by Crippen LogP contribution is -2.31. The minimum absolute atomic E-state index is 0.506. The first-order chi connectivity index (χ1) is 10.2. The molecule has 1 aromatic carbocycles. The topological polar surface area (TPSA) is 34.1 Å². The van der Waals surface area contributed by atoms with Gasteiger partial charge in [0.2, 0.25) is 0 Å². The zero-order valence-corrected chi connectivity index (χ0v) is 13.8. The smallest absolute Gasteiger partial charge is 0.122 e. The van der Waals surface area contributed by atoms with Gasteiger partial charge in [-0.25, -0.2) is 0 Å². The molecule has 0 fully saturated rings. The highest BCUT2D eigenvalue weighted by Gasteiger charge is 2.14. The van der Waals surface area contributed by atoms with Gasteiger partial charge < -0.3 is 10.1 Å². The monoisotopic (exact) mass is 304 g/mol. The maximum Gasteiger partial charge on any atom is 0.122 e. The molecule has 114 valence electrons. The molecule has 0 bridgehead atoms. The summed E-state index contributed by atoms with van der Waals surface area (Å²) in [5.74, 6) is 1.53. The molecule has 0 radical (unpaired) electrons. The van der Waals surface area contributed by atoms with Gasteiger partial charge in [-0.05, 0) is 36.9 Å². The largest absolute Gasteiger partial charge is 0.496 e. The molecular formula is C17H24N2OS. The van der Waals surface area contributed by atoms with Gasteiger partial charge in [-0.2, -0.15) is 0 Å². The van der Waals surface area contributed by atoms with Gasteiger partial charge in [0.15, 0.2) is 0 Å². The standard InChI is InChI=1S/C17H24N2OS/c1-13(2)19-10-14(9-16-11-18-12-21-16)8-15-6-4-5-7-17(15)20-3/h4-7,11-14,19H,8-10H2,1-3H3. The number of thiazole rings is 1. The first kappa shape index (κ1) is 16.0. The lowest BCUT2D eigenvalue weighted by Gasteiger charge is -2.20. The number of nitrogens with zero attached hydrogens (tertiary/aromatic N) is 1. The van der Waals surface area contributed by atoms with Gasteiger partial charge >= 0.3 is 0 Å². The summed E-state index contributed by atoms with van der Waals surface area (Å²) in [4.78, 5) is 5.53. The van der Waals surface area contributed by atoms with Crippen LogP contribution in [0.1, 0.15) is 24.3 Å². The molecule has 0 amide bonds. The Bertz CT molecular complexity index is 525. The Morgan fingerprint density at radius 2 is 2.05 bits per heavy atom. The molecule has 21 heavy (non-hydrogen) atoms. The molecule has 0 aliphatic carbocycles. The molecule has 4 heteroatoms. The number of nitrogens with one attached hydrogen (secondary N) is 1. The molecule has 1 N–H and O–H groups in total. The van der Waals surface area contributed by atoms with E-state index in [0.717, 1.165) is 25.1 Å². The summed E-state index contributed by atoms with van der Waals surface area (Å²) in [5, 5.41) is 3.56. The average Bonchev–Trinajstić information content (AvgIpc) is 2.98. The van der Waals surface area contributed by atoms with Crippen LogP contribution < -0.4 is 10.1 Å². The van der Waals surface area contributed by atoms with E-state index in [1.165, 1.54) is 10.4 Å². The second-order valence-electron chi connectivity index (χ2n) is 5.62. The third-order valence-electron chi connectivity index (χ3n) is 3.49. The van der Waals surface area contributed by atoms with E-state index in [1.807, 2.05) is 23.8 Å². The molecule has 0 saturated heterocycles. The van der Waals surface area contributed by atoms with Crippen molar-refractivity contribution >= 4 is 11.3 Å². The van der Waals surface area contributed by atoms with Crippen molar-refractivity contribution in [2.24, 2.45) is 5.92 Å². The minimum Gasteiger partial charge on any atom is -0.496 e. The quantitative estimate of drug-likeness (QED) is 0.810. The van der Waals surface area contributed by atoms with Crippen molar-refractivity contribution in [3.63, 3.8) is 0 Å². The fraction of sp³-hybridized carbons (Fsp3) is 0.471. The molecule has 1 unspecified atom stereocenters. The number of aromatic nitrogens is 1. The van der Waals surface area contributed by atoms with E-state index >= 15 is 0 Å². The first-order valence-electron chi connectivity index (χ1n) is 7.41. The van der Waals surface area contributed by atoms with E-state index in [-0.39, 0.29) is 0 Å². The van der Waals surface area contributed by atoms with Gasteiger partial charge in [0.1, 0.15) is 5.75 Å². The summed E-state index contributed by atoms with van der Waals surface area (Å²) in [7, 11) is 1.74. The van der Waals surface area contributed by atoms with Crippen LogP contribution in [0.3, 0.4) is 0 Å². The van der Waals surface area contributed by atoms with E-state index in [2.05, 4.69) is 36.3 Å². The lowest BCUT2D eigenvalue weighted by atomic mass is 9.94. The fourth-order valence-corrected chi connectivity index (χ4v) is 3.14. The van der Waals surface area contributed by atoms with E-state index in [4.69, 9.17) is 4.74 Å². The fourth-order valence-electron chi connectivity index (χ4n) is 2.43. The summed E-state index contributed by atoms with van der Waals surface area (Å²) in [6.07, 6.45) is 4.05. The van der Waals surface area contributed by atoms with Crippen LogP contribution in [0.5, 0.6) is 5.75 Å². The molecule has 3 nitrogen and oxygen atoms in total. The highest BCUT2D eigenvalue weighted by molar-refractivity contribution is 7.09. The maximum absolute atomic E-state index is 5.48. The van der Waals surface area contributed by atoms with Crippen LogP contribution in [-0.4, -0.2) is 24.7 Å². The van der Waals surface area contributed by atoms with Crippen molar-refractivity contribution in [3.05, 3.63) is 46.4 Å². The van der Waals surface area contributed by atoms with Crippen LogP contribution in [0.25, 0.3) is 0 Å². The maximum atomic E-state index is 5.48. The zero-order chi connectivity index (χ0) is 15.1. The normalized spacial score (nSPS) is 12.6. The van der Waals surface area contributed by atoms with Crippen molar-refractivity contribution in [3.8, 4) is 5.75 Å². The molecule has 0 spiro atoms. The molecule has 0 aliphatic rings. The first-order valence-corrected chi connectivity index (χ1v) is 8.29. The van der Waals surface area contributed by atoms with Crippen LogP contribution >= 0.6 is 11.3 Å². The lowest BCUT2D eigenvalue weighted by molar-refractivity contribution is 0.397. The van der Waals surface area contributed by atoms with Gasteiger partial charge in [0.25, 0.3) is 0 Å². The summed E-state index contributed by atoms with van der Waals surface area (Å²) in [5.41, 5.74) is 3.19. The van der Waals surface area contributed by atoms with Crippen molar-refractivity contribution in [1.82, 2.24) is 10.3 Å². The summed E-state index contributed by atoms with van der Waals surface area (Å²) in [6, 6.07) is 8.80. The van der Waals surface area contributed by atoms with Crippen molar-refractivity contribution in [2.45, 2.75) is 32.7 Å². The second kappa shape index (κ2) is 8.15. The Labute approximate surface area is 131 Å². The van der Waals surface area contributed by atoms with Gasteiger partial charge in [-0.1, -0.05) is 32.0 Å². The number of rotatable bonds is 8. The Hall–Kier alpha value is -1.39. The third kappa shape index (κ3) is 5.14. The average molecular weight is 304 g/mol. The number of hydrogen-bond donors (Lipinski definition) is 1. The number of benzene rings is 1. The summed E-state index contributed by atoms with van der Waals surface area (Å²) < 4.78 is 5.48. The summed E-state index contributed by atoms with van der Waals surface area (Å²) >= 11 is 1.74. The van der Waals surface area contributed by atoms with E-state index in [9.17, 15) is 0 Å². The van der Waals surface area contributed by atoms with Crippen LogP contribution in [0.15, 0.2) is 36.0 Å². The number of para-hydroxylation sites is 1. The molecule has 1 atom stereocenters. The molecular weight excluding hydrogens is 280 g/mol. The van der Waals surface area contributed by atoms with E-state index in [0.29, 0.717) is 12.0 Å². The van der Waals surface area contributed by atoms with Crippen molar-refractivity contribution in [2.75, 3.05) is 13.7 Å². The SMILES string of the molecule is COc1ccccc1CC(CNC(C)C)Cc1cncs1. The Kier molecular flexibility index (Phi) is 6.21. The third-order valence-corrected chi connectivity index (χ3v) is 4.29. The zero-order valence-electron chi connectivity index (χ0n) is 13.0. The van der Waals surface area contributed by atoms with Gasteiger partial charge in [-0.3, -0.25) is 4.98 Å². The van der Waals surface area contributed by atoms with Crippen LogP contribution in [-0.2, 0) is 12.8 Å². The van der Waals surface area contributed by atoms with Gasteiger partial charge in [0.05, 0.1) is 12.6 Å². The Balaban J connectivity index is 2.07. The molecule has 0 saturated carbocycles. The number of methoxy groups -OCH3 is 1. The van der Waals surface area contributed by atoms with Crippen molar-refractivity contribution < 1.29 is 4.74 Å². The predicted octanol–water partition coefficient (Wildman–Crippen LogP) is 3.55. The molecule has 1 aromatic heterocycles. The number of ether oxygens (including phenoxy) is 1. The Morgan fingerprint density at radius 1 is 1.24 bits per heavy atom. The highest BCUT2D eigenvalue weighted by atomic mass is 32.1. The van der Waals surface area contributed by atoms with Crippen LogP contribution in [0.2, 0.25) is 0 Å². The van der Waals surface area contributed by atoms with E-state index < -0.39 is 0 Å². The van der Waals surface area contributed by atoms with Gasteiger partial charge in [0, 0.05) is 17.1 Å². The molecule has 2 rings (SSSR count). The van der Waals surface area contributed by atoms with Crippen LogP contribution in [0.4, 0.5) is 0 Å². The van der Waals surface area contributed by atoms with Gasteiger partial charge in [-0.15, -0.1) is 11.3 Å². The number of hydrogen-bond acceptors (Lipinski definition) is 4.